The van der Waals surface area contributed by atoms with E-state index in [1.54, 1.807) is 0 Å². The average Bonchev–Trinajstić information content (AvgIpc) is 3.69. The molecule has 0 aliphatic carbocycles. The van der Waals surface area contributed by atoms with E-state index in [9.17, 15) is 0 Å². The maximum absolute atomic E-state index is 6.51. The molecule has 0 N–H and O–H groups in total. The number of furan rings is 1. The lowest BCUT2D eigenvalue weighted by Crippen LogP contribution is -2.74. The van der Waals surface area contributed by atoms with Crippen molar-refractivity contribution in [2.45, 2.75) is 26.2 Å². The smallest absolute Gasteiger partial charge is 0.179 e. The highest BCUT2D eigenvalue weighted by Crippen LogP contribution is 2.38. The third-order valence-corrected chi connectivity index (χ3v) is 16.5. The number of aromatic nitrogens is 3. The second-order valence-electron chi connectivity index (χ2n) is 16.4. The molecule has 0 amide bonds. The maximum Gasteiger partial charge on any atom is 0.179 e. The van der Waals surface area contributed by atoms with Gasteiger partial charge in [-0.2, -0.15) is 0 Å². The standard InChI is InChI=1S/C55H43N3OSi/c1-55(2,3)42-30-34-46(35-31-42)60(43-21-12-6-13-22-43,44-23-14-7-15-24-44)45-32-27-38(28-33-45)41-29-36-49-48(37-41)51-47(25-16-26-50(51)59-49)54-57-52(39-17-8-4-9-18-39)56-53(58-54)40-19-10-5-11-20-40/h4-37H,1-3H3. The van der Waals surface area contributed by atoms with Crippen LogP contribution >= 0.6 is 0 Å². The highest BCUT2D eigenvalue weighted by atomic mass is 28.3. The normalized spacial score (nSPS) is 11.9. The fourth-order valence-electron chi connectivity index (χ4n) is 8.63. The summed E-state index contributed by atoms with van der Waals surface area (Å²) in [5.74, 6) is 1.85. The molecule has 0 spiro atoms. The van der Waals surface area contributed by atoms with E-state index in [0.29, 0.717) is 17.5 Å². The van der Waals surface area contributed by atoms with Crippen molar-refractivity contribution in [3.63, 3.8) is 0 Å². The second kappa shape index (κ2) is 15.2. The topological polar surface area (TPSA) is 51.8 Å². The van der Waals surface area contributed by atoms with Gasteiger partial charge < -0.3 is 4.42 Å². The lowest BCUT2D eigenvalue weighted by atomic mass is 9.87. The summed E-state index contributed by atoms with van der Waals surface area (Å²) in [6.07, 6.45) is 0. The SMILES string of the molecule is CC(C)(C)c1ccc([Si](c2ccccc2)(c2ccccc2)c2ccc(-c3ccc4oc5cccc(-c6nc(-c7ccccc7)nc(-c7ccccc7)n6)c5c4c3)cc2)cc1. The van der Waals surface area contributed by atoms with Crippen LogP contribution < -0.4 is 20.7 Å². The summed E-state index contributed by atoms with van der Waals surface area (Å²) in [5, 5.41) is 7.41. The first-order chi connectivity index (χ1) is 29.4. The summed E-state index contributed by atoms with van der Waals surface area (Å²) >= 11 is 0. The van der Waals surface area contributed by atoms with Gasteiger partial charge in [-0.1, -0.05) is 209 Å². The van der Waals surface area contributed by atoms with Crippen LogP contribution in [0.1, 0.15) is 26.3 Å². The molecule has 0 radical (unpaired) electrons. The largest absolute Gasteiger partial charge is 0.456 e. The predicted molar refractivity (Wildman–Crippen MR) is 251 cm³/mol. The van der Waals surface area contributed by atoms with Gasteiger partial charge in [0.1, 0.15) is 11.2 Å². The van der Waals surface area contributed by atoms with Gasteiger partial charge in [0.15, 0.2) is 25.5 Å². The van der Waals surface area contributed by atoms with Crippen LogP contribution in [-0.2, 0) is 5.41 Å². The quantitative estimate of drug-likeness (QED) is 0.114. The Labute approximate surface area is 351 Å². The zero-order valence-corrected chi connectivity index (χ0v) is 34.9. The van der Waals surface area contributed by atoms with Crippen molar-refractivity contribution in [1.29, 1.82) is 0 Å². The van der Waals surface area contributed by atoms with Crippen molar-refractivity contribution < 1.29 is 4.42 Å². The molecule has 10 rings (SSSR count). The van der Waals surface area contributed by atoms with E-state index in [0.717, 1.165) is 49.8 Å². The van der Waals surface area contributed by atoms with Crippen LogP contribution in [0.3, 0.4) is 0 Å². The summed E-state index contributed by atoms with van der Waals surface area (Å²) < 4.78 is 6.51. The third kappa shape index (κ3) is 6.63. The molecule has 2 aromatic heterocycles. The molecule has 60 heavy (non-hydrogen) atoms. The van der Waals surface area contributed by atoms with Crippen LogP contribution in [0.4, 0.5) is 0 Å². The lowest BCUT2D eigenvalue weighted by Gasteiger charge is -2.35. The third-order valence-electron chi connectivity index (χ3n) is 11.7. The van der Waals surface area contributed by atoms with Gasteiger partial charge in [0.2, 0.25) is 0 Å². The fourth-order valence-corrected chi connectivity index (χ4v) is 13.3. The minimum absolute atomic E-state index is 0.0631. The van der Waals surface area contributed by atoms with Gasteiger partial charge in [-0.05, 0) is 61.1 Å². The van der Waals surface area contributed by atoms with Gasteiger partial charge in [0.05, 0.1) is 0 Å². The fraction of sp³-hybridized carbons (Fsp3) is 0.0727. The molecule has 0 saturated carbocycles. The summed E-state index contributed by atoms with van der Waals surface area (Å²) in [5.41, 5.74) is 8.01. The van der Waals surface area contributed by atoms with Gasteiger partial charge in [-0.15, -0.1) is 0 Å². The molecule has 0 aliphatic heterocycles. The lowest BCUT2D eigenvalue weighted by molar-refractivity contribution is 0.590. The van der Waals surface area contributed by atoms with Gasteiger partial charge in [0, 0.05) is 27.5 Å². The summed E-state index contributed by atoms with van der Waals surface area (Å²) in [4.78, 5) is 15.1. The Morgan fingerprint density at radius 2 is 0.850 bits per heavy atom. The van der Waals surface area contributed by atoms with E-state index >= 15 is 0 Å². The van der Waals surface area contributed by atoms with Crippen molar-refractivity contribution in [3.05, 3.63) is 212 Å². The van der Waals surface area contributed by atoms with E-state index in [2.05, 4.69) is 154 Å². The maximum atomic E-state index is 6.51. The van der Waals surface area contributed by atoms with E-state index < -0.39 is 8.07 Å². The van der Waals surface area contributed by atoms with Gasteiger partial charge >= 0.3 is 0 Å². The molecule has 8 aromatic carbocycles. The number of hydrogen-bond donors (Lipinski definition) is 0. The van der Waals surface area contributed by atoms with Crippen LogP contribution in [-0.4, -0.2) is 23.0 Å². The van der Waals surface area contributed by atoms with Gasteiger partial charge in [-0.25, -0.2) is 15.0 Å². The minimum atomic E-state index is -2.71. The first-order valence-corrected chi connectivity index (χ1v) is 22.5. The molecule has 0 aliphatic rings. The van der Waals surface area contributed by atoms with Crippen LogP contribution in [0.5, 0.6) is 0 Å². The molecule has 2 heterocycles. The summed E-state index contributed by atoms with van der Waals surface area (Å²) in [7, 11) is -2.71. The zero-order chi connectivity index (χ0) is 40.7. The Kier molecular flexibility index (Phi) is 9.39. The van der Waals surface area contributed by atoms with Crippen molar-refractivity contribution in [2.75, 3.05) is 0 Å². The molecule has 0 atom stereocenters. The molecule has 288 valence electrons. The van der Waals surface area contributed by atoms with Crippen LogP contribution in [0.15, 0.2) is 211 Å². The van der Waals surface area contributed by atoms with Crippen molar-refractivity contribution in [1.82, 2.24) is 15.0 Å². The number of rotatable bonds is 8. The summed E-state index contributed by atoms with van der Waals surface area (Å²) in [6, 6.07) is 73.8. The molecule has 0 saturated heterocycles. The highest BCUT2D eigenvalue weighted by molar-refractivity contribution is 7.19. The van der Waals surface area contributed by atoms with Crippen LogP contribution in [0.2, 0.25) is 0 Å². The average molecular weight is 790 g/mol. The molecular formula is C55H43N3OSi. The minimum Gasteiger partial charge on any atom is -0.456 e. The van der Waals surface area contributed by atoms with E-state index in [1.165, 1.54) is 26.3 Å². The molecule has 0 bridgehead atoms. The van der Waals surface area contributed by atoms with Gasteiger partial charge in [-0.3, -0.25) is 0 Å². The molecule has 10 aromatic rings. The first kappa shape index (κ1) is 37.1. The summed E-state index contributed by atoms with van der Waals surface area (Å²) in [6.45, 7) is 6.84. The first-order valence-electron chi connectivity index (χ1n) is 20.5. The van der Waals surface area contributed by atoms with Crippen molar-refractivity contribution in [3.8, 4) is 45.3 Å². The highest BCUT2D eigenvalue weighted by Gasteiger charge is 2.41. The Balaban J connectivity index is 1.11. The number of nitrogens with zero attached hydrogens (tertiary/aromatic N) is 3. The molecular weight excluding hydrogens is 747 g/mol. The Morgan fingerprint density at radius 3 is 1.38 bits per heavy atom. The number of hydrogen-bond acceptors (Lipinski definition) is 4. The molecule has 5 heteroatoms. The van der Waals surface area contributed by atoms with Crippen LogP contribution in [0, 0.1) is 0 Å². The Bertz CT molecular complexity index is 2990. The number of fused-ring (bicyclic) bond motifs is 3. The zero-order valence-electron chi connectivity index (χ0n) is 33.9. The number of benzene rings is 8. The molecule has 0 fully saturated rings. The second-order valence-corrected chi connectivity index (χ2v) is 20.2. The Hall–Kier alpha value is -7.21. The van der Waals surface area contributed by atoms with Crippen molar-refractivity contribution >= 4 is 50.8 Å². The van der Waals surface area contributed by atoms with E-state index in [1.807, 2.05) is 72.8 Å². The van der Waals surface area contributed by atoms with E-state index in [-0.39, 0.29) is 5.41 Å². The van der Waals surface area contributed by atoms with Gasteiger partial charge in [0.25, 0.3) is 0 Å². The molecule has 0 unspecified atom stereocenters. The predicted octanol–water partition coefficient (Wildman–Crippen LogP) is 11.1. The Morgan fingerprint density at radius 1 is 0.383 bits per heavy atom. The van der Waals surface area contributed by atoms with Crippen molar-refractivity contribution in [2.24, 2.45) is 0 Å². The monoisotopic (exact) mass is 789 g/mol. The molecule has 4 nitrogen and oxygen atoms in total. The van der Waals surface area contributed by atoms with Crippen LogP contribution in [0.25, 0.3) is 67.2 Å². The van der Waals surface area contributed by atoms with E-state index in [4.69, 9.17) is 19.4 Å².